The highest BCUT2D eigenvalue weighted by atomic mass is 35.5. The Hall–Kier alpha value is -2.54. The fourth-order valence-electron chi connectivity index (χ4n) is 3.55. The number of anilines is 1. The van der Waals surface area contributed by atoms with Gasteiger partial charge in [0.2, 0.25) is 6.23 Å². The molecule has 0 saturated carbocycles. The van der Waals surface area contributed by atoms with E-state index in [1.165, 1.54) is 5.56 Å². The van der Waals surface area contributed by atoms with Gasteiger partial charge in [0.25, 0.3) is 12.4 Å². The largest absolute Gasteiger partial charge is 0.439 e. The molecule has 8 heteroatoms. The standard InChI is InChI=1S/C20H17Cl2N3O3/c21-12-1-4-14(5-2-12)23-19(27)20(28-11-26)25-8-7-16-15-6-3-13(22)9-17(15)24-18(16)10-25/h1-6,9,11,20,24H,7-8,10H2,(H,23,27). The second-order valence-corrected chi connectivity index (χ2v) is 7.45. The summed E-state index contributed by atoms with van der Waals surface area (Å²) in [6.07, 6.45) is -0.305. The smallest absolute Gasteiger partial charge is 0.295 e. The highest BCUT2D eigenvalue weighted by Crippen LogP contribution is 2.30. The number of H-pyrrole nitrogens is 1. The predicted molar refractivity (Wildman–Crippen MR) is 108 cm³/mol. The first kappa shape index (κ1) is 18.8. The summed E-state index contributed by atoms with van der Waals surface area (Å²) >= 11 is 12.0. The van der Waals surface area contributed by atoms with Crippen LogP contribution in [0.3, 0.4) is 0 Å². The number of fused-ring (bicyclic) bond motifs is 3. The number of nitrogens with one attached hydrogen (secondary N) is 2. The van der Waals surface area contributed by atoms with Crippen molar-refractivity contribution in [2.45, 2.75) is 19.2 Å². The molecular weight excluding hydrogens is 401 g/mol. The normalized spacial score (nSPS) is 15.1. The lowest BCUT2D eigenvalue weighted by molar-refractivity contribution is -0.155. The van der Waals surface area contributed by atoms with Crippen molar-refractivity contribution in [1.29, 1.82) is 0 Å². The Kier molecular flexibility index (Phi) is 5.26. The number of hydrogen-bond acceptors (Lipinski definition) is 4. The molecule has 0 radical (unpaired) electrons. The number of hydrogen-bond donors (Lipinski definition) is 2. The summed E-state index contributed by atoms with van der Waals surface area (Å²) in [4.78, 5) is 28.9. The molecule has 4 rings (SSSR count). The van der Waals surface area contributed by atoms with E-state index in [2.05, 4.69) is 10.3 Å². The molecule has 0 spiro atoms. The average molecular weight is 418 g/mol. The van der Waals surface area contributed by atoms with Crippen LogP contribution in [-0.2, 0) is 27.3 Å². The molecule has 2 heterocycles. The molecule has 28 heavy (non-hydrogen) atoms. The maximum atomic E-state index is 12.7. The van der Waals surface area contributed by atoms with Crippen molar-refractivity contribution < 1.29 is 14.3 Å². The Labute approximate surface area is 171 Å². The Balaban J connectivity index is 1.55. The quantitative estimate of drug-likeness (QED) is 0.615. The first-order valence-electron chi connectivity index (χ1n) is 8.74. The summed E-state index contributed by atoms with van der Waals surface area (Å²) in [5.41, 5.74) is 3.72. The Bertz CT molecular complexity index is 1030. The van der Waals surface area contributed by atoms with Crippen molar-refractivity contribution in [2.75, 3.05) is 11.9 Å². The van der Waals surface area contributed by atoms with Gasteiger partial charge in [-0.2, -0.15) is 0 Å². The van der Waals surface area contributed by atoms with Gasteiger partial charge in [-0.3, -0.25) is 14.5 Å². The van der Waals surface area contributed by atoms with Gasteiger partial charge in [-0.1, -0.05) is 29.3 Å². The van der Waals surface area contributed by atoms with Crippen LogP contribution >= 0.6 is 23.2 Å². The van der Waals surface area contributed by atoms with Gasteiger partial charge in [0.1, 0.15) is 0 Å². The summed E-state index contributed by atoms with van der Waals surface area (Å²) in [7, 11) is 0. The van der Waals surface area contributed by atoms with Gasteiger partial charge in [0.15, 0.2) is 0 Å². The van der Waals surface area contributed by atoms with Gasteiger partial charge in [-0.15, -0.1) is 0 Å². The number of benzene rings is 2. The minimum absolute atomic E-state index is 0.298. The highest BCUT2D eigenvalue weighted by Gasteiger charge is 2.32. The Morgan fingerprint density at radius 3 is 2.68 bits per heavy atom. The fourth-order valence-corrected chi connectivity index (χ4v) is 3.84. The van der Waals surface area contributed by atoms with E-state index in [1.807, 2.05) is 23.1 Å². The predicted octanol–water partition coefficient (Wildman–Crippen LogP) is 3.97. The lowest BCUT2D eigenvalue weighted by Crippen LogP contribution is -2.47. The summed E-state index contributed by atoms with van der Waals surface area (Å²) in [6, 6.07) is 12.5. The van der Waals surface area contributed by atoms with Gasteiger partial charge in [0, 0.05) is 45.4 Å². The van der Waals surface area contributed by atoms with Crippen LogP contribution in [0.25, 0.3) is 10.9 Å². The third-order valence-electron chi connectivity index (χ3n) is 4.82. The van der Waals surface area contributed by atoms with Crippen LogP contribution in [0.15, 0.2) is 42.5 Å². The molecule has 1 atom stereocenters. The SMILES string of the molecule is O=COC(C(=O)Nc1ccc(Cl)cc1)N1CCc2c([nH]c3cc(Cl)ccc23)C1. The minimum atomic E-state index is -1.03. The second-order valence-electron chi connectivity index (χ2n) is 6.57. The van der Waals surface area contributed by atoms with E-state index in [1.54, 1.807) is 24.3 Å². The van der Waals surface area contributed by atoms with Gasteiger partial charge < -0.3 is 15.0 Å². The summed E-state index contributed by atoms with van der Waals surface area (Å²) < 4.78 is 5.12. The van der Waals surface area contributed by atoms with Gasteiger partial charge in [-0.25, -0.2) is 0 Å². The van der Waals surface area contributed by atoms with Crippen molar-refractivity contribution >= 4 is 52.2 Å². The Morgan fingerprint density at radius 2 is 1.93 bits per heavy atom. The topological polar surface area (TPSA) is 74.4 Å². The number of amides is 1. The van der Waals surface area contributed by atoms with E-state index in [-0.39, 0.29) is 0 Å². The van der Waals surface area contributed by atoms with Crippen molar-refractivity contribution in [3.63, 3.8) is 0 Å². The van der Waals surface area contributed by atoms with Crippen LogP contribution in [-0.4, -0.2) is 35.0 Å². The molecule has 3 aromatic rings. The average Bonchev–Trinajstić information content (AvgIpc) is 3.04. The number of rotatable bonds is 5. The number of halogens is 2. The fraction of sp³-hybridized carbons (Fsp3) is 0.200. The number of aromatic amines is 1. The molecule has 0 aliphatic carbocycles. The molecule has 2 N–H and O–H groups in total. The van der Waals surface area contributed by atoms with Gasteiger partial charge in [-0.05, 0) is 48.4 Å². The molecule has 0 fully saturated rings. The van der Waals surface area contributed by atoms with E-state index >= 15 is 0 Å². The lowest BCUT2D eigenvalue weighted by Gasteiger charge is -2.32. The molecule has 0 saturated heterocycles. The first-order valence-corrected chi connectivity index (χ1v) is 9.49. The minimum Gasteiger partial charge on any atom is -0.439 e. The summed E-state index contributed by atoms with van der Waals surface area (Å²) in [6.45, 7) is 1.33. The molecule has 0 bridgehead atoms. The first-order chi connectivity index (χ1) is 13.5. The molecule has 1 aromatic heterocycles. The van der Waals surface area contributed by atoms with Crippen LogP contribution in [0, 0.1) is 0 Å². The van der Waals surface area contributed by atoms with E-state index < -0.39 is 12.1 Å². The van der Waals surface area contributed by atoms with Crippen LogP contribution in [0.2, 0.25) is 10.0 Å². The number of carbonyl (C=O) groups is 2. The second kappa shape index (κ2) is 7.83. The van der Waals surface area contributed by atoms with Gasteiger partial charge >= 0.3 is 0 Å². The molecule has 1 amide bonds. The van der Waals surface area contributed by atoms with E-state index in [4.69, 9.17) is 27.9 Å². The molecule has 1 aliphatic rings. The van der Waals surface area contributed by atoms with Crippen molar-refractivity contribution in [3.05, 3.63) is 63.8 Å². The van der Waals surface area contributed by atoms with Crippen LogP contribution in [0.1, 0.15) is 11.3 Å². The molecule has 2 aromatic carbocycles. The third-order valence-corrected chi connectivity index (χ3v) is 5.31. The van der Waals surface area contributed by atoms with Crippen molar-refractivity contribution in [2.24, 2.45) is 0 Å². The van der Waals surface area contributed by atoms with E-state index in [0.717, 1.165) is 23.0 Å². The zero-order valence-corrected chi connectivity index (χ0v) is 16.3. The van der Waals surface area contributed by atoms with Crippen molar-refractivity contribution in [1.82, 2.24) is 9.88 Å². The zero-order valence-electron chi connectivity index (χ0n) is 14.7. The summed E-state index contributed by atoms with van der Waals surface area (Å²) in [5.74, 6) is -0.419. The van der Waals surface area contributed by atoms with Crippen LogP contribution < -0.4 is 5.32 Å². The van der Waals surface area contributed by atoms with E-state index in [0.29, 0.717) is 35.3 Å². The highest BCUT2D eigenvalue weighted by molar-refractivity contribution is 6.31. The zero-order chi connectivity index (χ0) is 19.7. The number of nitrogens with zero attached hydrogens (tertiary/aromatic N) is 1. The molecule has 1 unspecified atom stereocenters. The molecular formula is C20H17Cl2N3O3. The van der Waals surface area contributed by atoms with Gasteiger partial charge in [0.05, 0.1) is 0 Å². The maximum absolute atomic E-state index is 12.7. The Morgan fingerprint density at radius 1 is 1.18 bits per heavy atom. The van der Waals surface area contributed by atoms with Crippen molar-refractivity contribution in [3.8, 4) is 0 Å². The molecule has 144 valence electrons. The lowest BCUT2D eigenvalue weighted by atomic mass is 10.0. The van der Waals surface area contributed by atoms with Crippen LogP contribution in [0.4, 0.5) is 5.69 Å². The monoisotopic (exact) mass is 417 g/mol. The maximum Gasteiger partial charge on any atom is 0.295 e. The van der Waals surface area contributed by atoms with Crippen LogP contribution in [0.5, 0.6) is 0 Å². The number of ether oxygens (including phenoxy) is 1. The number of aromatic nitrogens is 1. The summed E-state index contributed by atoms with van der Waals surface area (Å²) in [5, 5.41) is 5.11. The molecule has 1 aliphatic heterocycles. The van der Waals surface area contributed by atoms with E-state index in [9.17, 15) is 9.59 Å². The number of carbonyl (C=O) groups excluding carboxylic acids is 2. The third kappa shape index (κ3) is 3.71. The molecule has 6 nitrogen and oxygen atoms in total.